The topological polar surface area (TPSA) is 77.7 Å². The number of nitrogens with zero attached hydrogens (tertiary/aromatic N) is 4. The van der Waals surface area contributed by atoms with Gasteiger partial charge in [0, 0.05) is 18.6 Å². The van der Waals surface area contributed by atoms with Crippen LogP contribution in [0.15, 0.2) is 84.1 Å². The van der Waals surface area contributed by atoms with E-state index >= 15 is 0 Å². The highest BCUT2D eigenvalue weighted by Crippen LogP contribution is 2.23. The van der Waals surface area contributed by atoms with E-state index in [1.54, 1.807) is 47.5 Å². The maximum absolute atomic E-state index is 13.8. The first kappa shape index (κ1) is 22.5. The highest BCUT2D eigenvalue weighted by atomic mass is 32.2. The normalized spacial score (nSPS) is 12.8. The van der Waals surface area contributed by atoms with Crippen molar-refractivity contribution in [2.75, 3.05) is 12.9 Å². The molecule has 0 aliphatic carbocycles. The molecule has 6 nitrogen and oxygen atoms in total. The number of aromatic nitrogens is 4. The van der Waals surface area contributed by atoms with Crippen LogP contribution in [0.3, 0.4) is 0 Å². The van der Waals surface area contributed by atoms with Crippen molar-refractivity contribution in [2.45, 2.75) is 17.4 Å². The van der Waals surface area contributed by atoms with E-state index in [9.17, 15) is 12.8 Å². The van der Waals surface area contributed by atoms with Gasteiger partial charge in [0.25, 0.3) is 0 Å². The van der Waals surface area contributed by atoms with Crippen molar-refractivity contribution in [1.82, 2.24) is 20.0 Å². The zero-order valence-corrected chi connectivity index (χ0v) is 18.9. The quantitative estimate of drug-likeness (QED) is 0.380. The van der Waals surface area contributed by atoms with E-state index in [1.165, 1.54) is 6.26 Å². The molecular formula is C25H23FN4O2S. The van der Waals surface area contributed by atoms with Crippen LogP contribution < -0.4 is 0 Å². The molecule has 1 unspecified atom stereocenters. The fourth-order valence-electron chi connectivity index (χ4n) is 3.42. The molecule has 0 radical (unpaired) electrons. The van der Waals surface area contributed by atoms with Crippen LogP contribution in [0, 0.1) is 0 Å². The second-order valence-corrected chi connectivity index (χ2v) is 9.76. The third-order valence-electron chi connectivity index (χ3n) is 5.27. The highest BCUT2D eigenvalue weighted by Gasteiger charge is 2.14. The minimum Gasteiger partial charge on any atom is -0.265 e. The Bertz CT molecular complexity index is 1330. The minimum absolute atomic E-state index is 0.288. The second-order valence-electron chi connectivity index (χ2n) is 7.74. The van der Waals surface area contributed by atoms with Gasteiger partial charge in [-0.05, 0) is 59.0 Å². The molecule has 2 aromatic carbocycles. The first-order valence-electron chi connectivity index (χ1n) is 10.4. The highest BCUT2D eigenvalue weighted by molar-refractivity contribution is 7.90. The van der Waals surface area contributed by atoms with Crippen molar-refractivity contribution in [3.8, 4) is 11.1 Å². The van der Waals surface area contributed by atoms with Crippen molar-refractivity contribution in [2.24, 2.45) is 0 Å². The monoisotopic (exact) mass is 462 g/mol. The lowest BCUT2D eigenvalue weighted by Gasteiger charge is -2.13. The fourth-order valence-corrected chi connectivity index (χ4v) is 4.05. The van der Waals surface area contributed by atoms with Crippen molar-refractivity contribution < 1.29 is 12.8 Å². The van der Waals surface area contributed by atoms with Crippen LogP contribution >= 0.6 is 0 Å². The van der Waals surface area contributed by atoms with E-state index in [1.807, 2.05) is 48.6 Å². The van der Waals surface area contributed by atoms with Gasteiger partial charge in [0.2, 0.25) is 0 Å². The summed E-state index contributed by atoms with van der Waals surface area (Å²) in [5.74, 6) is 0. The summed E-state index contributed by atoms with van der Waals surface area (Å²) in [4.78, 5) is 4.27. The average Bonchev–Trinajstić information content (AvgIpc) is 3.31. The summed E-state index contributed by atoms with van der Waals surface area (Å²) in [5.41, 5.74) is 4.49. The minimum atomic E-state index is -3.22. The maximum Gasteiger partial charge on any atom is 0.175 e. The zero-order chi connectivity index (χ0) is 23.3. The molecule has 1 atom stereocenters. The van der Waals surface area contributed by atoms with Gasteiger partial charge in [-0.25, -0.2) is 17.5 Å². The first-order chi connectivity index (χ1) is 15.9. The number of alkyl halides is 1. The summed E-state index contributed by atoms with van der Waals surface area (Å²) < 4.78 is 38.6. The molecular weight excluding hydrogens is 439 g/mol. The lowest BCUT2D eigenvalue weighted by Crippen LogP contribution is -2.14. The Morgan fingerprint density at radius 3 is 2.18 bits per heavy atom. The van der Waals surface area contributed by atoms with Crippen LogP contribution in [0.2, 0.25) is 0 Å². The predicted octanol–water partition coefficient (Wildman–Crippen LogP) is 4.67. The van der Waals surface area contributed by atoms with Gasteiger partial charge in [0.1, 0.15) is 12.4 Å². The van der Waals surface area contributed by atoms with Crippen LogP contribution in [0.1, 0.15) is 22.9 Å². The van der Waals surface area contributed by atoms with Crippen LogP contribution in [0.25, 0.3) is 23.3 Å². The summed E-state index contributed by atoms with van der Waals surface area (Å²) >= 11 is 0. The SMILES string of the molecule is CS(=O)(=O)c1ccc(-c2ccc(CC(CF)n3cc(C=Cc4ccncc4)nn3)cc2)cc1. The van der Waals surface area contributed by atoms with Gasteiger partial charge in [-0.2, -0.15) is 0 Å². The molecule has 33 heavy (non-hydrogen) atoms. The molecule has 2 aromatic heterocycles. The van der Waals surface area contributed by atoms with E-state index in [2.05, 4.69) is 15.3 Å². The van der Waals surface area contributed by atoms with Crippen molar-refractivity contribution in [3.05, 3.63) is 96.1 Å². The second kappa shape index (κ2) is 9.87. The number of hydrogen-bond donors (Lipinski definition) is 0. The van der Waals surface area contributed by atoms with Gasteiger partial charge in [-0.15, -0.1) is 5.10 Å². The lowest BCUT2D eigenvalue weighted by atomic mass is 10.0. The Balaban J connectivity index is 1.44. The molecule has 0 aliphatic rings. The number of pyridine rings is 1. The van der Waals surface area contributed by atoms with E-state index in [0.717, 1.165) is 22.3 Å². The molecule has 0 saturated carbocycles. The van der Waals surface area contributed by atoms with E-state index in [0.29, 0.717) is 12.1 Å². The molecule has 0 aliphatic heterocycles. The van der Waals surface area contributed by atoms with Gasteiger partial charge in [-0.1, -0.05) is 47.7 Å². The van der Waals surface area contributed by atoms with Crippen LogP contribution in [0.5, 0.6) is 0 Å². The van der Waals surface area contributed by atoms with Crippen molar-refractivity contribution in [3.63, 3.8) is 0 Å². The fraction of sp³-hybridized carbons (Fsp3) is 0.160. The zero-order valence-electron chi connectivity index (χ0n) is 18.0. The smallest absolute Gasteiger partial charge is 0.175 e. The molecule has 8 heteroatoms. The third-order valence-corrected chi connectivity index (χ3v) is 6.40. The van der Waals surface area contributed by atoms with Crippen molar-refractivity contribution >= 4 is 22.0 Å². The molecule has 4 aromatic rings. The maximum atomic E-state index is 13.8. The largest absolute Gasteiger partial charge is 0.265 e. The third kappa shape index (κ3) is 5.78. The van der Waals surface area contributed by atoms with Crippen LogP contribution in [-0.2, 0) is 16.3 Å². The molecule has 0 N–H and O–H groups in total. The van der Waals surface area contributed by atoms with Gasteiger partial charge in [0.05, 0.1) is 17.1 Å². The molecule has 2 heterocycles. The first-order valence-corrected chi connectivity index (χ1v) is 12.3. The number of halogens is 1. The van der Waals surface area contributed by atoms with Gasteiger partial charge in [0.15, 0.2) is 9.84 Å². The lowest BCUT2D eigenvalue weighted by molar-refractivity contribution is 0.328. The average molecular weight is 463 g/mol. The summed E-state index contributed by atoms with van der Waals surface area (Å²) in [6, 6.07) is 17.9. The van der Waals surface area contributed by atoms with E-state index in [4.69, 9.17) is 0 Å². The number of benzene rings is 2. The number of sulfone groups is 1. The summed E-state index contributed by atoms with van der Waals surface area (Å²) in [6.45, 7) is -0.564. The summed E-state index contributed by atoms with van der Waals surface area (Å²) in [7, 11) is -3.22. The Kier molecular flexibility index (Phi) is 6.74. The van der Waals surface area contributed by atoms with Gasteiger partial charge in [-0.3, -0.25) is 4.98 Å². The Hall–Kier alpha value is -3.65. The Morgan fingerprint density at radius 1 is 0.939 bits per heavy atom. The van der Waals surface area contributed by atoms with E-state index < -0.39 is 22.6 Å². The molecule has 0 bridgehead atoms. The molecule has 0 saturated heterocycles. The summed E-state index contributed by atoms with van der Waals surface area (Å²) in [5, 5.41) is 8.22. The molecule has 0 fully saturated rings. The molecule has 4 rings (SSSR count). The number of rotatable bonds is 8. The molecule has 0 amide bonds. The number of hydrogen-bond acceptors (Lipinski definition) is 5. The summed E-state index contributed by atoms with van der Waals surface area (Å²) in [6.07, 6.45) is 10.6. The van der Waals surface area contributed by atoms with E-state index in [-0.39, 0.29) is 4.90 Å². The molecule has 0 spiro atoms. The Morgan fingerprint density at radius 2 is 1.58 bits per heavy atom. The van der Waals surface area contributed by atoms with Crippen LogP contribution in [0.4, 0.5) is 4.39 Å². The van der Waals surface area contributed by atoms with Gasteiger partial charge >= 0.3 is 0 Å². The predicted molar refractivity (Wildman–Crippen MR) is 127 cm³/mol. The molecule has 168 valence electrons. The Labute approximate surface area is 192 Å². The van der Waals surface area contributed by atoms with Gasteiger partial charge < -0.3 is 0 Å². The van der Waals surface area contributed by atoms with Crippen molar-refractivity contribution in [1.29, 1.82) is 0 Å². The standard InChI is InChI=1S/C25H23FN4O2S/c1-33(31,32)25-10-7-22(8-11-25)21-5-2-20(3-6-21)16-24(17-26)30-18-23(28-29-30)9-4-19-12-14-27-15-13-19/h2-15,18,24H,16-17H2,1H3. The van der Waals surface area contributed by atoms with Crippen LogP contribution in [-0.4, -0.2) is 41.3 Å².